The van der Waals surface area contributed by atoms with E-state index in [0.717, 1.165) is 54.5 Å². The van der Waals surface area contributed by atoms with Gasteiger partial charge in [-0.15, -0.1) is 10.2 Å². The highest BCUT2D eigenvalue weighted by atomic mass is 16.5. The van der Waals surface area contributed by atoms with Gasteiger partial charge in [0.05, 0.1) is 6.61 Å². The van der Waals surface area contributed by atoms with Crippen LogP contribution >= 0.6 is 0 Å². The van der Waals surface area contributed by atoms with Gasteiger partial charge in [-0.3, -0.25) is 13.9 Å². The first kappa shape index (κ1) is 22.7. The molecule has 1 saturated heterocycles. The summed E-state index contributed by atoms with van der Waals surface area (Å²) in [6, 6.07) is 7.57. The van der Waals surface area contributed by atoms with Gasteiger partial charge in [-0.1, -0.05) is 19.3 Å². The Kier molecular flexibility index (Phi) is 6.71. The van der Waals surface area contributed by atoms with Gasteiger partial charge < -0.3 is 9.64 Å². The zero-order valence-corrected chi connectivity index (χ0v) is 19.8. The average Bonchev–Trinajstić information content (AvgIpc) is 3.41. The van der Waals surface area contributed by atoms with Gasteiger partial charge in [0.25, 0.3) is 5.56 Å². The molecule has 0 radical (unpaired) electrons. The summed E-state index contributed by atoms with van der Waals surface area (Å²) < 4.78 is 8.63. The Morgan fingerprint density at radius 1 is 0.971 bits per heavy atom. The predicted molar refractivity (Wildman–Crippen MR) is 130 cm³/mol. The molecule has 2 aliphatic rings. The van der Waals surface area contributed by atoms with E-state index in [1.807, 2.05) is 24.3 Å². The molecular formula is C25H32N6O3. The Bertz CT molecular complexity index is 1250. The number of nitrogens with zero attached hydrogens (tertiary/aromatic N) is 6. The molecule has 1 aliphatic carbocycles. The highest BCUT2D eigenvalue weighted by molar-refractivity contribution is 5.71. The highest BCUT2D eigenvalue weighted by Gasteiger charge is 2.24. The molecule has 0 spiro atoms. The Morgan fingerprint density at radius 3 is 2.44 bits per heavy atom. The lowest BCUT2D eigenvalue weighted by atomic mass is 10.1. The number of rotatable bonds is 7. The normalized spacial score (nSPS) is 17.4. The number of hydrogen-bond acceptors (Lipinski definition) is 7. The molecule has 0 unspecified atom stereocenters. The summed E-state index contributed by atoms with van der Waals surface area (Å²) in [7, 11) is 1.49. The molecule has 1 saturated carbocycles. The quantitative estimate of drug-likeness (QED) is 0.496. The van der Waals surface area contributed by atoms with Crippen molar-refractivity contribution in [2.45, 2.75) is 57.4 Å². The van der Waals surface area contributed by atoms with Gasteiger partial charge in [-0.2, -0.15) is 0 Å². The van der Waals surface area contributed by atoms with Gasteiger partial charge in [0.2, 0.25) is 0 Å². The van der Waals surface area contributed by atoms with Crippen molar-refractivity contribution >= 4 is 11.2 Å². The number of ether oxygens (including phenoxy) is 1. The van der Waals surface area contributed by atoms with Crippen LogP contribution in [0.3, 0.4) is 0 Å². The fourth-order valence-corrected chi connectivity index (χ4v) is 5.10. The maximum absolute atomic E-state index is 12.8. The summed E-state index contributed by atoms with van der Waals surface area (Å²) in [6.45, 7) is 4.16. The van der Waals surface area contributed by atoms with Gasteiger partial charge in [0, 0.05) is 25.2 Å². The first-order valence-electron chi connectivity index (χ1n) is 12.4. The monoisotopic (exact) mass is 464 g/mol. The molecule has 9 nitrogen and oxygen atoms in total. The number of piperidine rings is 1. The first-order chi connectivity index (χ1) is 16.6. The van der Waals surface area contributed by atoms with E-state index in [1.54, 1.807) is 4.57 Å². The maximum Gasteiger partial charge on any atom is 0.332 e. The summed E-state index contributed by atoms with van der Waals surface area (Å²) in [5.41, 5.74) is 0.402. The van der Waals surface area contributed by atoms with Crippen LogP contribution in [-0.4, -0.2) is 55.5 Å². The third kappa shape index (κ3) is 4.61. The molecule has 0 amide bonds. The summed E-state index contributed by atoms with van der Waals surface area (Å²) in [5, 5.41) is 8.56. The smallest absolute Gasteiger partial charge is 0.332 e. The van der Waals surface area contributed by atoms with E-state index < -0.39 is 5.56 Å². The lowest BCUT2D eigenvalue weighted by molar-refractivity contribution is 0.205. The molecule has 180 valence electrons. The van der Waals surface area contributed by atoms with Crippen LogP contribution in [0.2, 0.25) is 0 Å². The second-order valence-corrected chi connectivity index (χ2v) is 9.39. The molecule has 0 atom stereocenters. The SMILES string of the molecule is Cn1c(=O)c2nc(-c3ccc(OCCCN4CCCCC4)cc3)nnc2n(C2CCCC2)c1=O. The molecule has 2 fully saturated rings. The Hall–Kier alpha value is -3.07. The highest BCUT2D eigenvalue weighted by Crippen LogP contribution is 2.29. The van der Waals surface area contributed by atoms with E-state index in [1.165, 1.54) is 39.4 Å². The van der Waals surface area contributed by atoms with Gasteiger partial charge in [0.1, 0.15) is 5.75 Å². The topological polar surface area (TPSA) is 95.1 Å². The van der Waals surface area contributed by atoms with Crippen LogP contribution in [-0.2, 0) is 7.05 Å². The summed E-state index contributed by atoms with van der Waals surface area (Å²) >= 11 is 0. The van der Waals surface area contributed by atoms with Gasteiger partial charge in [-0.25, -0.2) is 9.78 Å². The van der Waals surface area contributed by atoms with Crippen LogP contribution in [0.4, 0.5) is 0 Å². The van der Waals surface area contributed by atoms with E-state index in [-0.39, 0.29) is 22.9 Å². The summed E-state index contributed by atoms with van der Waals surface area (Å²) in [5.74, 6) is 1.15. The second kappa shape index (κ2) is 10.0. The van der Waals surface area contributed by atoms with Crippen molar-refractivity contribution in [1.82, 2.24) is 29.2 Å². The maximum atomic E-state index is 12.8. The number of likely N-dealkylation sites (tertiary alicyclic amines) is 1. The third-order valence-corrected chi connectivity index (χ3v) is 7.04. The molecule has 34 heavy (non-hydrogen) atoms. The molecule has 3 aromatic rings. The van der Waals surface area contributed by atoms with E-state index >= 15 is 0 Å². The molecule has 2 aromatic heterocycles. The van der Waals surface area contributed by atoms with Crippen LogP contribution in [0.5, 0.6) is 5.75 Å². The molecule has 9 heteroatoms. The minimum atomic E-state index is -0.445. The van der Waals surface area contributed by atoms with E-state index in [0.29, 0.717) is 12.4 Å². The van der Waals surface area contributed by atoms with Gasteiger partial charge in [-0.05, 0) is 69.5 Å². The Labute approximate surface area is 198 Å². The van der Waals surface area contributed by atoms with Crippen molar-refractivity contribution in [3.8, 4) is 17.1 Å². The largest absolute Gasteiger partial charge is 0.494 e. The first-order valence-corrected chi connectivity index (χ1v) is 12.4. The Morgan fingerprint density at radius 2 is 1.71 bits per heavy atom. The molecule has 1 aromatic carbocycles. The molecule has 0 N–H and O–H groups in total. The number of hydrogen-bond donors (Lipinski definition) is 0. The minimum Gasteiger partial charge on any atom is -0.494 e. The zero-order chi connectivity index (χ0) is 23.5. The number of benzene rings is 1. The third-order valence-electron chi connectivity index (χ3n) is 7.04. The summed E-state index contributed by atoms with van der Waals surface area (Å²) in [6.07, 6.45) is 8.89. The number of aromatic nitrogens is 5. The second-order valence-electron chi connectivity index (χ2n) is 9.39. The number of fused-ring (bicyclic) bond motifs is 1. The zero-order valence-electron chi connectivity index (χ0n) is 19.8. The molecule has 0 bridgehead atoms. The van der Waals surface area contributed by atoms with Crippen molar-refractivity contribution in [2.75, 3.05) is 26.2 Å². The fourth-order valence-electron chi connectivity index (χ4n) is 5.10. The van der Waals surface area contributed by atoms with Gasteiger partial charge >= 0.3 is 5.69 Å². The van der Waals surface area contributed by atoms with Crippen molar-refractivity contribution in [2.24, 2.45) is 7.05 Å². The van der Waals surface area contributed by atoms with Crippen molar-refractivity contribution < 1.29 is 4.74 Å². The molecule has 5 rings (SSSR count). The Balaban J connectivity index is 1.32. The molecule has 1 aliphatic heterocycles. The lowest BCUT2D eigenvalue weighted by Crippen LogP contribution is -2.40. The summed E-state index contributed by atoms with van der Waals surface area (Å²) in [4.78, 5) is 32.6. The van der Waals surface area contributed by atoms with Crippen LogP contribution in [0.1, 0.15) is 57.4 Å². The lowest BCUT2D eigenvalue weighted by Gasteiger charge is -2.26. The predicted octanol–water partition coefficient (Wildman–Crippen LogP) is 2.92. The van der Waals surface area contributed by atoms with Crippen LogP contribution in [0.15, 0.2) is 33.9 Å². The van der Waals surface area contributed by atoms with Crippen LogP contribution in [0, 0.1) is 0 Å². The van der Waals surface area contributed by atoms with E-state index in [2.05, 4.69) is 20.1 Å². The fraction of sp³-hybridized carbons (Fsp3) is 0.560. The van der Waals surface area contributed by atoms with Gasteiger partial charge in [0.15, 0.2) is 17.0 Å². The van der Waals surface area contributed by atoms with Crippen LogP contribution < -0.4 is 16.0 Å². The molecule has 3 heterocycles. The van der Waals surface area contributed by atoms with E-state index in [4.69, 9.17) is 4.74 Å². The standard InChI is InChI=1S/C25H32N6O3/c1-29-24(32)21-23(31(25(29)33)19-8-3-4-9-19)28-27-22(26-21)18-10-12-20(13-11-18)34-17-7-16-30-14-5-2-6-15-30/h10-13,19H,2-9,14-17H2,1H3. The van der Waals surface area contributed by atoms with Crippen molar-refractivity contribution in [3.05, 3.63) is 45.1 Å². The van der Waals surface area contributed by atoms with Crippen molar-refractivity contribution in [1.29, 1.82) is 0 Å². The van der Waals surface area contributed by atoms with Crippen molar-refractivity contribution in [3.63, 3.8) is 0 Å². The average molecular weight is 465 g/mol. The van der Waals surface area contributed by atoms with E-state index in [9.17, 15) is 9.59 Å². The van der Waals surface area contributed by atoms with Crippen LogP contribution in [0.25, 0.3) is 22.6 Å². The molecular weight excluding hydrogens is 432 g/mol. The minimum absolute atomic E-state index is 0.0371.